The highest BCUT2D eigenvalue weighted by Crippen LogP contribution is 2.28. The van der Waals surface area contributed by atoms with E-state index in [4.69, 9.17) is 41.7 Å². The van der Waals surface area contributed by atoms with Crippen LogP contribution in [0.25, 0.3) is 0 Å². The number of carbonyl (C=O) groups excluding carboxylic acids is 1. The largest absolute Gasteiger partial charge is 0.580 e. The Labute approximate surface area is 226 Å². The second-order valence-corrected chi connectivity index (χ2v) is 11.9. The summed E-state index contributed by atoms with van der Waals surface area (Å²) < 4.78 is 51.8. The molecule has 10 nitrogen and oxygen atoms in total. The first-order valence-corrected chi connectivity index (χ1v) is 15.2. The van der Waals surface area contributed by atoms with Gasteiger partial charge in [-0.1, -0.05) is 45.4 Å². The van der Waals surface area contributed by atoms with Crippen LogP contribution in [0.4, 0.5) is 0 Å². The van der Waals surface area contributed by atoms with Crippen LogP contribution < -0.4 is 0 Å². The number of ether oxygens (including phenoxy) is 6. The zero-order valence-electron chi connectivity index (χ0n) is 25.1. The molecule has 0 aliphatic heterocycles. The Morgan fingerprint density at radius 1 is 0.676 bits per heavy atom. The molecule has 0 aliphatic carbocycles. The number of hydrogen-bond donors (Lipinski definition) is 0. The van der Waals surface area contributed by atoms with Crippen LogP contribution in [-0.4, -0.2) is 72.8 Å². The van der Waals surface area contributed by atoms with Crippen LogP contribution in [0.2, 0.25) is 0 Å². The molecular formula is C26H54O10Si. The van der Waals surface area contributed by atoms with Crippen molar-refractivity contribution < 1.29 is 46.5 Å². The molecular weight excluding hydrogens is 500 g/mol. The zero-order chi connectivity index (χ0) is 28.5. The Morgan fingerprint density at radius 3 is 1.54 bits per heavy atom. The molecule has 5 unspecified atom stereocenters. The number of methoxy groups -OCH3 is 3. The van der Waals surface area contributed by atoms with E-state index in [1.165, 1.54) is 40.6 Å². The number of carbonyl (C=O) groups is 1. The van der Waals surface area contributed by atoms with Gasteiger partial charge in [0.15, 0.2) is 37.2 Å². The second-order valence-electron chi connectivity index (χ2n) is 9.52. The summed E-state index contributed by atoms with van der Waals surface area (Å²) in [6.07, 6.45) is 4.24. The lowest BCUT2D eigenvalue weighted by Gasteiger charge is -2.39. The summed E-state index contributed by atoms with van der Waals surface area (Å²) in [7, 11) is 0.400. The third-order valence-electron chi connectivity index (χ3n) is 5.58. The average molecular weight is 555 g/mol. The molecule has 0 aromatic carbocycles. The minimum Gasteiger partial charge on any atom is -0.356 e. The van der Waals surface area contributed by atoms with Crippen molar-refractivity contribution in [3.63, 3.8) is 0 Å². The van der Waals surface area contributed by atoms with Gasteiger partial charge in [0.1, 0.15) is 0 Å². The van der Waals surface area contributed by atoms with Crippen molar-refractivity contribution in [1.82, 2.24) is 0 Å². The maximum Gasteiger partial charge on any atom is 0.580 e. The summed E-state index contributed by atoms with van der Waals surface area (Å²) in [4.78, 5) is 13.8. The predicted molar refractivity (Wildman–Crippen MR) is 142 cm³/mol. The monoisotopic (exact) mass is 554 g/mol. The lowest BCUT2D eigenvalue weighted by Crippen LogP contribution is -2.61. The van der Waals surface area contributed by atoms with Crippen LogP contribution in [0.1, 0.15) is 107 Å². The first-order chi connectivity index (χ1) is 17.3. The topological polar surface area (TPSA) is 100 Å². The van der Waals surface area contributed by atoms with Crippen LogP contribution in [-0.2, 0) is 46.5 Å². The Morgan fingerprint density at radius 2 is 1.11 bits per heavy atom. The van der Waals surface area contributed by atoms with E-state index in [2.05, 4.69) is 6.92 Å². The molecule has 5 atom stereocenters. The van der Waals surface area contributed by atoms with Gasteiger partial charge in [-0.15, -0.1) is 0 Å². The first-order valence-electron chi connectivity index (χ1n) is 13.5. The van der Waals surface area contributed by atoms with Crippen LogP contribution in [0, 0.1) is 0 Å². The van der Waals surface area contributed by atoms with Crippen molar-refractivity contribution in [2.75, 3.05) is 21.3 Å². The van der Waals surface area contributed by atoms with Gasteiger partial charge in [-0.3, -0.25) is 4.79 Å². The van der Waals surface area contributed by atoms with Crippen LogP contribution in [0.5, 0.6) is 0 Å². The third-order valence-corrected chi connectivity index (χ3v) is 8.56. The van der Waals surface area contributed by atoms with Gasteiger partial charge in [0.2, 0.25) is 5.41 Å². The Balaban J connectivity index is 5.93. The fraction of sp³-hybridized carbons (Fsp3) is 0.962. The third kappa shape index (κ3) is 16.3. The smallest absolute Gasteiger partial charge is 0.356 e. The Hall–Kier alpha value is -0.473. The summed E-state index contributed by atoms with van der Waals surface area (Å²) in [5.41, 5.74) is 0. The molecule has 0 aliphatic rings. The van der Waals surface area contributed by atoms with Crippen molar-refractivity contribution in [2.24, 2.45) is 0 Å². The summed E-state index contributed by atoms with van der Waals surface area (Å²) in [5.74, 6) is -1.28. The molecule has 0 radical (unpaired) electrons. The number of hydrogen-bond acceptors (Lipinski definition) is 10. The molecule has 0 heterocycles. The van der Waals surface area contributed by atoms with Gasteiger partial charge in [0.05, 0.1) is 0 Å². The van der Waals surface area contributed by atoms with E-state index in [9.17, 15) is 4.79 Å². The van der Waals surface area contributed by atoms with Crippen molar-refractivity contribution in [1.29, 1.82) is 0 Å². The molecule has 0 rings (SSSR count). The predicted octanol–water partition coefficient (Wildman–Crippen LogP) is 5.68. The zero-order valence-corrected chi connectivity index (χ0v) is 26.1. The van der Waals surface area contributed by atoms with E-state index in [0.29, 0.717) is 6.42 Å². The molecule has 0 bridgehead atoms. The van der Waals surface area contributed by atoms with Gasteiger partial charge in [0.25, 0.3) is 0 Å². The molecule has 0 fully saturated rings. The fourth-order valence-electron chi connectivity index (χ4n) is 3.60. The lowest BCUT2D eigenvalue weighted by molar-refractivity contribution is -0.282. The van der Waals surface area contributed by atoms with Crippen molar-refractivity contribution >= 4 is 14.2 Å². The lowest BCUT2D eigenvalue weighted by atomic mass is 10.1. The quantitative estimate of drug-likeness (QED) is 0.0841. The normalized spacial score (nSPS) is 18.1. The van der Waals surface area contributed by atoms with Crippen LogP contribution in [0.3, 0.4) is 0 Å². The molecule has 11 heteroatoms. The Kier molecular flexibility index (Phi) is 19.3. The SMILES string of the molecule is CCCCCCCCCC(=O)[Si](OC(C)OC(C)OC)(OC(C)OC(C)OC)OC(C)(C)OC(C)OC. The van der Waals surface area contributed by atoms with Gasteiger partial charge < -0.3 is 41.7 Å². The van der Waals surface area contributed by atoms with Gasteiger partial charge in [-0.05, 0) is 54.9 Å². The highest BCUT2D eigenvalue weighted by molar-refractivity contribution is 6.92. The standard InChI is InChI=1S/C26H54O10Si/c1-12-13-14-15-16-17-18-19-25(27)37(34-23(5)31-20(2)28-9,35-24(6)32-21(3)29-10)36-26(7,8)33-22(4)30-11/h20-24H,12-19H2,1-11H3. The van der Waals surface area contributed by atoms with Gasteiger partial charge in [-0.25, -0.2) is 0 Å². The van der Waals surface area contributed by atoms with Gasteiger partial charge in [-0.2, -0.15) is 0 Å². The van der Waals surface area contributed by atoms with E-state index < -0.39 is 46.0 Å². The van der Waals surface area contributed by atoms with E-state index >= 15 is 0 Å². The van der Waals surface area contributed by atoms with Crippen molar-refractivity contribution in [3.05, 3.63) is 0 Å². The van der Waals surface area contributed by atoms with E-state index in [1.807, 2.05) is 0 Å². The molecule has 222 valence electrons. The minimum atomic E-state index is -4.16. The molecule has 0 saturated carbocycles. The first kappa shape index (κ1) is 36.5. The highest BCUT2D eigenvalue weighted by atomic mass is 28.4. The Bertz CT molecular complexity index is 572. The van der Waals surface area contributed by atoms with E-state index in [-0.39, 0.29) is 11.8 Å². The van der Waals surface area contributed by atoms with Crippen molar-refractivity contribution in [2.45, 2.75) is 144 Å². The van der Waals surface area contributed by atoms with E-state index in [0.717, 1.165) is 19.3 Å². The summed E-state index contributed by atoms with van der Waals surface area (Å²) in [6.45, 7) is 14.1. The molecule has 0 spiro atoms. The summed E-state index contributed by atoms with van der Waals surface area (Å²) >= 11 is 0. The van der Waals surface area contributed by atoms with Gasteiger partial charge >= 0.3 is 8.80 Å². The maximum absolute atomic E-state index is 13.8. The van der Waals surface area contributed by atoms with E-state index in [1.54, 1.807) is 48.5 Å². The maximum atomic E-state index is 13.8. The number of unbranched alkanes of at least 4 members (excludes halogenated alkanes) is 6. The highest BCUT2D eigenvalue weighted by Gasteiger charge is 2.56. The molecule has 0 saturated heterocycles. The fourth-order valence-corrected chi connectivity index (χ4v) is 6.29. The van der Waals surface area contributed by atoms with Crippen molar-refractivity contribution in [3.8, 4) is 0 Å². The van der Waals surface area contributed by atoms with Crippen LogP contribution in [0.15, 0.2) is 0 Å². The van der Waals surface area contributed by atoms with Crippen LogP contribution >= 0.6 is 0 Å². The average Bonchev–Trinajstić information content (AvgIpc) is 2.81. The summed E-state index contributed by atoms with van der Waals surface area (Å²) in [5, 5.41) is -0.274. The summed E-state index contributed by atoms with van der Waals surface area (Å²) in [6, 6.07) is 0. The molecule has 0 N–H and O–H groups in total. The number of rotatable bonds is 24. The molecule has 0 aromatic heterocycles. The molecule has 0 aromatic rings. The minimum absolute atomic E-state index is 0.231. The van der Waals surface area contributed by atoms with Gasteiger partial charge in [0, 0.05) is 27.8 Å². The second kappa shape index (κ2) is 19.6. The molecule has 37 heavy (non-hydrogen) atoms. The molecule has 0 amide bonds.